The lowest BCUT2D eigenvalue weighted by Gasteiger charge is -2.07. The van der Waals surface area contributed by atoms with Gasteiger partial charge in [0.25, 0.3) is 0 Å². The first-order valence-corrected chi connectivity index (χ1v) is 14.2. The molecule has 0 fully saturated rings. The highest BCUT2D eigenvalue weighted by molar-refractivity contribution is 5.76. The Balaban J connectivity index is 3.25. The normalized spacial score (nSPS) is 10.9. The number of hydrogen-bond donors (Lipinski definition) is 2. The number of nitrogens with one attached hydrogen (secondary N) is 2. The van der Waals surface area contributed by atoms with Gasteiger partial charge < -0.3 is 10.6 Å². The molecule has 4 nitrogen and oxygen atoms in total. The van der Waals surface area contributed by atoms with Gasteiger partial charge in [-0.15, -0.1) is 0 Å². The molecule has 0 rings (SSSR count). The smallest absolute Gasteiger partial charge is 0.219 e. The summed E-state index contributed by atoms with van der Waals surface area (Å²) in [5.41, 5.74) is 0. The summed E-state index contributed by atoms with van der Waals surface area (Å²) >= 11 is 0. The van der Waals surface area contributed by atoms with Crippen molar-refractivity contribution in [3.05, 3.63) is 0 Å². The minimum Gasteiger partial charge on any atom is -0.356 e. The third kappa shape index (κ3) is 25.2. The summed E-state index contributed by atoms with van der Waals surface area (Å²) in [6, 6.07) is 0. The molecule has 4 heteroatoms. The molecule has 0 saturated carbocycles. The molecular weight excluding hydrogens is 396 g/mol. The number of amides is 2. The average molecular weight is 453 g/mol. The van der Waals surface area contributed by atoms with Crippen molar-refractivity contribution >= 4 is 11.8 Å². The zero-order valence-corrected chi connectivity index (χ0v) is 21.8. The highest BCUT2D eigenvalue weighted by Crippen LogP contribution is 2.10. The van der Waals surface area contributed by atoms with Crippen molar-refractivity contribution in [1.82, 2.24) is 10.6 Å². The van der Waals surface area contributed by atoms with Crippen LogP contribution in [-0.2, 0) is 9.59 Å². The third-order valence-corrected chi connectivity index (χ3v) is 6.26. The second-order valence-electron chi connectivity index (χ2n) is 9.56. The van der Waals surface area contributed by atoms with Gasteiger partial charge in [0.1, 0.15) is 0 Å². The monoisotopic (exact) mass is 452 g/mol. The fraction of sp³-hybridized carbons (Fsp3) is 0.929. The second kappa shape index (κ2) is 26.2. The molecule has 0 bridgehead atoms. The Morgan fingerprint density at radius 1 is 0.406 bits per heavy atom. The van der Waals surface area contributed by atoms with Gasteiger partial charge >= 0.3 is 0 Å². The average Bonchev–Trinajstić information content (AvgIpc) is 2.79. The van der Waals surface area contributed by atoms with E-state index in [1.807, 2.05) is 0 Å². The quantitative estimate of drug-likeness (QED) is 0.139. The summed E-state index contributed by atoms with van der Waals surface area (Å²) in [4.78, 5) is 23.7. The molecule has 32 heavy (non-hydrogen) atoms. The van der Waals surface area contributed by atoms with E-state index in [0.29, 0.717) is 12.8 Å². The van der Waals surface area contributed by atoms with Gasteiger partial charge in [-0.2, -0.15) is 0 Å². The summed E-state index contributed by atoms with van der Waals surface area (Å²) in [5, 5.41) is 6.10. The van der Waals surface area contributed by atoms with Crippen LogP contribution >= 0.6 is 0 Å². The van der Waals surface area contributed by atoms with Gasteiger partial charge in [-0.1, -0.05) is 117 Å². The lowest BCUT2D eigenvalue weighted by atomic mass is 10.1. The maximum Gasteiger partial charge on any atom is 0.219 e. The Kier molecular flexibility index (Phi) is 25.3. The first kappa shape index (κ1) is 30.9. The first-order chi connectivity index (χ1) is 15.7. The van der Waals surface area contributed by atoms with Gasteiger partial charge in [0.15, 0.2) is 0 Å². The molecule has 0 aliphatic carbocycles. The molecule has 190 valence electrons. The van der Waals surface area contributed by atoms with Gasteiger partial charge in [-0.3, -0.25) is 9.59 Å². The summed E-state index contributed by atoms with van der Waals surface area (Å²) in [6.07, 6.45) is 26.0. The molecule has 0 aromatic heterocycles. The zero-order chi connectivity index (χ0) is 23.5. The van der Waals surface area contributed by atoms with Crippen LogP contribution in [0.5, 0.6) is 0 Å². The van der Waals surface area contributed by atoms with E-state index in [0.717, 1.165) is 51.6 Å². The van der Waals surface area contributed by atoms with Crippen LogP contribution < -0.4 is 10.6 Å². The largest absolute Gasteiger partial charge is 0.356 e. The highest BCUT2D eigenvalue weighted by Gasteiger charge is 2.02. The van der Waals surface area contributed by atoms with Crippen LogP contribution in [-0.4, -0.2) is 24.9 Å². The number of unbranched alkanes of at least 4 members (excludes halogenated alkanes) is 17. The van der Waals surface area contributed by atoms with Gasteiger partial charge in [0, 0.05) is 25.9 Å². The van der Waals surface area contributed by atoms with E-state index in [1.54, 1.807) is 0 Å². The van der Waals surface area contributed by atoms with Gasteiger partial charge in [0.2, 0.25) is 11.8 Å². The maximum absolute atomic E-state index is 11.9. The molecule has 0 heterocycles. The fourth-order valence-corrected chi connectivity index (χ4v) is 4.07. The van der Waals surface area contributed by atoms with Crippen molar-refractivity contribution in [1.29, 1.82) is 0 Å². The van der Waals surface area contributed by atoms with E-state index < -0.39 is 0 Å². The lowest BCUT2D eigenvalue weighted by Crippen LogP contribution is -2.24. The fourth-order valence-electron chi connectivity index (χ4n) is 4.07. The Labute approximate surface area is 200 Å². The number of hydrogen-bond acceptors (Lipinski definition) is 2. The molecule has 0 spiro atoms. The van der Waals surface area contributed by atoms with Gasteiger partial charge in [-0.05, 0) is 25.7 Å². The molecule has 0 aliphatic rings. The van der Waals surface area contributed by atoms with Crippen LogP contribution in [0, 0.1) is 0 Å². The zero-order valence-electron chi connectivity index (χ0n) is 21.8. The van der Waals surface area contributed by atoms with Crippen LogP contribution in [0.1, 0.15) is 155 Å². The molecule has 0 aliphatic heterocycles. The summed E-state index contributed by atoms with van der Waals surface area (Å²) in [5.74, 6) is 0.424. The molecule has 2 amide bonds. The number of rotatable bonds is 25. The standard InChI is InChI=1S/C28H56N2O2/c1-3-5-7-9-11-13-15-19-23-27(31)29-25-21-17-18-22-26-30-28(32)24-20-16-14-12-10-8-6-4-2/h3-26H2,1-2H3,(H,29,31)(H,30,32). The van der Waals surface area contributed by atoms with Crippen molar-refractivity contribution < 1.29 is 9.59 Å². The van der Waals surface area contributed by atoms with E-state index in [9.17, 15) is 9.59 Å². The number of carbonyl (C=O) groups excluding carboxylic acids is 2. The van der Waals surface area contributed by atoms with Gasteiger partial charge in [0.05, 0.1) is 0 Å². The van der Waals surface area contributed by atoms with Crippen molar-refractivity contribution in [2.75, 3.05) is 13.1 Å². The Hall–Kier alpha value is -1.06. The Bertz CT molecular complexity index is 374. The van der Waals surface area contributed by atoms with Crippen LogP contribution in [0.25, 0.3) is 0 Å². The van der Waals surface area contributed by atoms with E-state index >= 15 is 0 Å². The molecule has 0 aromatic rings. The summed E-state index contributed by atoms with van der Waals surface area (Å²) in [7, 11) is 0. The molecular formula is C28H56N2O2. The van der Waals surface area contributed by atoms with E-state index in [-0.39, 0.29) is 11.8 Å². The van der Waals surface area contributed by atoms with Crippen molar-refractivity contribution in [3.8, 4) is 0 Å². The van der Waals surface area contributed by atoms with Gasteiger partial charge in [-0.25, -0.2) is 0 Å². The molecule has 0 saturated heterocycles. The lowest BCUT2D eigenvalue weighted by molar-refractivity contribution is -0.122. The van der Waals surface area contributed by atoms with Crippen LogP contribution in [0.2, 0.25) is 0 Å². The Morgan fingerprint density at radius 3 is 1.03 bits per heavy atom. The van der Waals surface area contributed by atoms with E-state index in [2.05, 4.69) is 24.5 Å². The predicted octanol–water partition coefficient (Wildman–Crippen LogP) is 7.84. The molecule has 0 atom stereocenters. The van der Waals surface area contributed by atoms with Crippen LogP contribution in [0.4, 0.5) is 0 Å². The third-order valence-electron chi connectivity index (χ3n) is 6.26. The number of carbonyl (C=O) groups is 2. The topological polar surface area (TPSA) is 58.2 Å². The summed E-state index contributed by atoms with van der Waals surface area (Å²) in [6.45, 7) is 6.08. The molecule has 0 unspecified atom stereocenters. The summed E-state index contributed by atoms with van der Waals surface area (Å²) < 4.78 is 0. The van der Waals surface area contributed by atoms with E-state index in [4.69, 9.17) is 0 Å². The second-order valence-corrected chi connectivity index (χ2v) is 9.56. The highest BCUT2D eigenvalue weighted by atomic mass is 16.2. The van der Waals surface area contributed by atoms with Crippen molar-refractivity contribution in [2.24, 2.45) is 0 Å². The first-order valence-electron chi connectivity index (χ1n) is 14.2. The SMILES string of the molecule is CCCCCCCCCCC(=O)NCCCCCCNC(=O)CCCCCCCCCC. The van der Waals surface area contributed by atoms with Crippen molar-refractivity contribution in [2.45, 2.75) is 155 Å². The van der Waals surface area contributed by atoms with E-state index in [1.165, 1.54) is 89.9 Å². The maximum atomic E-state index is 11.9. The molecule has 0 radical (unpaired) electrons. The van der Waals surface area contributed by atoms with Crippen LogP contribution in [0.15, 0.2) is 0 Å². The molecule has 2 N–H and O–H groups in total. The predicted molar refractivity (Wildman–Crippen MR) is 139 cm³/mol. The van der Waals surface area contributed by atoms with Crippen LogP contribution in [0.3, 0.4) is 0 Å². The van der Waals surface area contributed by atoms with Crippen molar-refractivity contribution in [3.63, 3.8) is 0 Å². The molecule has 0 aromatic carbocycles. The minimum atomic E-state index is 0.212. The Morgan fingerprint density at radius 2 is 0.688 bits per heavy atom. The minimum absolute atomic E-state index is 0.212.